The first-order valence-corrected chi connectivity index (χ1v) is 8.72. The SMILES string of the molecule is CC(C)(O)Cn1cc(C(=O)O)cn1.CCOC(=O)c1ccn(CC(C)(C)O)n1.[Li+].[OH-]. The molecule has 0 saturated carbocycles. The van der Waals surface area contributed by atoms with Gasteiger partial charge in [-0.15, -0.1) is 0 Å². The second-order valence-electron chi connectivity index (χ2n) is 7.48. The molecule has 164 valence electrons. The van der Waals surface area contributed by atoms with Crippen molar-refractivity contribution in [2.45, 2.75) is 58.9 Å². The molecule has 0 aliphatic carbocycles. The van der Waals surface area contributed by atoms with Crippen LogP contribution in [0.3, 0.4) is 0 Å². The second kappa shape index (κ2) is 12.5. The molecule has 2 rings (SSSR count). The molecule has 0 atom stereocenters. The largest absolute Gasteiger partial charge is 1.00 e. The van der Waals surface area contributed by atoms with Crippen molar-refractivity contribution < 1.29 is 54.0 Å². The van der Waals surface area contributed by atoms with Crippen molar-refractivity contribution in [3.63, 3.8) is 0 Å². The third-order valence-corrected chi connectivity index (χ3v) is 3.10. The van der Waals surface area contributed by atoms with E-state index >= 15 is 0 Å². The first-order valence-electron chi connectivity index (χ1n) is 8.72. The molecule has 0 unspecified atom stereocenters. The Morgan fingerprint density at radius 3 is 2.07 bits per heavy atom. The van der Waals surface area contributed by atoms with Gasteiger partial charge in [0.1, 0.15) is 0 Å². The van der Waals surface area contributed by atoms with E-state index in [0.29, 0.717) is 13.2 Å². The number of rotatable bonds is 7. The summed E-state index contributed by atoms with van der Waals surface area (Å²) >= 11 is 0. The van der Waals surface area contributed by atoms with E-state index in [0.717, 1.165) is 0 Å². The first-order chi connectivity index (χ1) is 12.8. The fourth-order valence-corrected chi connectivity index (χ4v) is 2.12. The Labute approximate surface area is 187 Å². The molecule has 11 nitrogen and oxygen atoms in total. The van der Waals surface area contributed by atoms with Gasteiger partial charge in [-0.05, 0) is 40.7 Å². The van der Waals surface area contributed by atoms with Crippen LogP contribution in [-0.4, -0.2) is 70.1 Å². The number of hydrogen-bond donors (Lipinski definition) is 3. The summed E-state index contributed by atoms with van der Waals surface area (Å²) in [6.07, 6.45) is 4.29. The van der Waals surface area contributed by atoms with Gasteiger partial charge in [-0.1, -0.05) is 0 Å². The predicted octanol–water partition coefficient (Wildman–Crippen LogP) is -1.99. The summed E-state index contributed by atoms with van der Waals surface area (Å²) in [5.74, 6) is -1.45. The molecule has 0 saturated heterocycles. The summed E-state index contributed by atoms with van der Waals surface area (Å²) in [5.41, 5.74) is -1.34. The van der Waals surface area contributed by atoms with Gasteiger partial charge in [0.15, 0.2) is 5.69 Å². The Balaban J connectivity index is 0. The van der Waals surface area contributed by atoms with Crippen LogP contribution in [0.1, 0.15) is 55.5 Å². The zero-order valence-electron chi connectivity index (χ0n) is 18.2. The van der Waals surface area contributed by atoms with Gasteiger partial charge in [-0.2, -0.15) is 10.2 Å². The second-order valence-corrected chi connectivity index (χ2v) is 7.48. The molecule has 2 aromatic heterocycles. The molecular weight excluding hydrogens is 391 g/mol. The molecule has 0 radical (unpaired) electrons. The first kappa shape index (κ1) is 30.0. The standard InChI is InChI=1S/C10H16N2O3.C8H12N2O3.Li.H2O/c1-4-15-9(13)8-5-6-12(11-8)7-10(2,3)14;1-8(2,13)5-10-4-6(3-9-10)7(11)12;;/h5-6,14H,4,7H2,1-3H3;3-4,13H,5H2,1-2H3,(H,11,12);;1H2/q;;+1;/p-1. The Hall–Kier alpha value is -2.16. The summed E-state index contributed by atoms with van der Waals surface area (Å²) in [6, 6.07) is 1.57. The normalized spacial score (nSPS) is 10.8. The average Bonchev–Trinajstić information content (AvgIpc) is 3.14. The van der Waals surface area contributed by atoms with Gasteiger partial charge in [0, 0.05) is 12.4 Å². The van der Waals surface area contributed by atoms with Gasteiger partial charge >= 0.3 is 30.8 Å². The fourth-order valence-electron chi connectivity index (χ4n) is 2.12. The number of carboxylic acids is 1. The summed E-state index contributed by atoms with van der Waals surface area (Å²) in [4.78, 5) is 21.7. The van der Waals surface area contributed by atoms with E-state index in [1.807, 2.05) is 0 Å². The summed E-state index contributed by atoms with van der Waals surface area (Å²) in [6.45, 7) is 9.32. The van der Waals surface area contributed by atoms with Gasteiger partial charge in [-0.25, -0.2) is 9.59 Å². The maximum Gasteiger partial charge on any atom is 1.00 e. The van der Waals surface area contributed by atoms with Crippen LogP contribution >= 0.6 is 0 Å². The maximum atomic E-state index is 11.3. The number of carbonyl (C=O) groups excluding carboxylic acids is 1. The van der Waals surface area contributed by atoms with Gasteiger partial charge in [0.05, 0.1) is 42.7 Å². The quantitative estimate of drug-likeness (QED) is 0.339. The van der Waals surface area contributed by atoms with E-state index < -0.39 is 23.1 Å². The Morgan fingerprint density at radius 1 is 1.10 bits per heavy atom. The molecule has 4 N–H and O–H groups in total. The van der Waals surface area contributed by atoms with Crippen molar-refractivity contribution in [3.05, 3.63) is 35.9 Å². The van der Waals surface area contributed by atoms with Crippen molar-refractivity contribution in [2.24, 2.45) is 0 Å². The molecule has 2 aromatic rings. The van der Waals surface area contributed by atoms with Crippen molar-refractivity contribution >= 4 is 11.9 Å². The van der Waals surface area contributed by atoms with Crippen LogP contribution in [0.5, 0.6) is 0 Å². The Morgan fingerprint density at radius 2 is 1.63 bits per heavy atom. The number of ether oxygens (including phenoxy) is 1. The molecular formula is C18H29LiN4O7. The predicted molar refractivity (Wildman–Crippen MR) is 102 cm³/mol. The van der Waals surface area contributed by atoms with Crippen LogP contribution in [0.25, 0.3) is 0 Å². The van der Waals surface area contributed by atoms with Crippen molar-refractivity contribution in [2.75, 3.05) is 6.61 Å². The number of carboxylic acid groups (broad SMARTS) is 1. The Bertz CT molecular complexity index is 791. The summed E-state index contributed by atoms with van der Waals surface area (Å²) in [7, 11) is 0. The number of esters is 1. The number of aromatic carboxylic acids is 1. The third kappa shape index (κ3) is 11.7. The van der Waals surface area contributed by atoms with Crippen molar-refractivity contribution in [1.29, 1.82) is 0 Å². The van der Waals surface area contributed by atoms with Crippen LogP contribution in [-0.2, 0) is 17.8 Å². The molecule has 0 fully saturated rings. The number of carbonyl (C=O) groups is 2. The van der Waals surface area contributed by atoms with E-state index in [1.165, 1.54) is 21.8 Å². The van der Waals surface area contributed by atoms with Crippen LogP contribution in [0.2, 0.25) is 0 Å². The van der Waals surface area contributed by atoms with E-state index in [1.54, 1.807) is 46.9 Å². The maximum absolute atomic E-state index is 11.3. The van der Waals surface area contributed by atoms with Gasteiger partial charge in [-0.3, -0.25) is 9.36 Å². The van der Waals surface area contributed by atoms with E-state index in [4.69, 9.17) is 9.84 Å². The molecule has 0 aromatic carbocycles. The summed E-state index contributed by atoms with van der Waals surface area (Å²) in [5, 5.41) is 35.3. The molecule has 0 aliphatic heterocycles. The fraction of sp³-hybridized carbons (Fsp3) is 0.556. The van der Waals surface area contributed by atoms with E-state index in [9.17, 15) is 19.8 Å². The van der Waals surface area contributed by atoms with Crippen LogP contribution in [0, 0.1) is 0 Å². The molecule has 0 aliphatic rings. The molecule has 0 bridgehead atoms. The van der Waals surface area contributed by atoms with Crippen LogP contribution in [0.15, 0.2) is 24.7 Å². The number of nitrogens with zero attached hydrogens (tertiary/aromatic N) is 4. The summed E-state index contributed by atoms with van der Waals surface area (Å²) < 4.78 is 7.72. The van der Waals surface area contributed by atoms with Crippen molar-refractivity contribution in [1.82, 2.24) is 19.6 Å². The number of hydrogen-bond acceptors (Lipinski definition) is 8. The topological polar surface area (TPSA) is 170 Å². The molecule has 12 heteroatoms. The van der Waals surface area contributed by atoms with Gasteiger partial charge in [0.2, 0.25) is 0 Å². The molecule has 0 amide bonds. The Kier molecular flexibility index (Phi) is 12.5. The van der Waals surface area contributed by atoms with Crippen LogP contribution < -0.4 is 18.9 Å². The zero-order chi connectivity index (χ0) is 21.5. The monoisotopic (exact) mass is 420 g/mol. The van der Waals surface area contributed by atoms with E-state index in [-0.39, 0.29) is 42.1 Å². The minimum Gasteiger partial charge on any atom is -0.870 e. The molecule has 0 spiro atoms. The number of aromatic nitrogens is 4. The number of aliphatic hydroxyl groups is 2. The van der Waals surface area contributed by atoms with Crippen molar-refractivity contribution in [3.8, 4) is 0 Å². The smallest absolute Gasteiger partial charge is 0.870 e. The van der Waals surface area contributed by atoms with Gasteiger partial charge in [0.25, 0.3) is 0 Å². The third-order valence-electron chi connectivity index (χ3n) is 3.10. The zero-order valence-corrected chi connectivity index (χ0v) is 18.2. The minimum atomic E-state index is -1.01. The molecule has 2 heterocycles. The van der Waals surface area contributed by atoms with Crippen LogP contribution in [0.4, 0.5) is 0 Å². The average molecular weight is 420 g/mol. The van der Waals surface area contributed by atoms with Gasteiger partial charge < -0.3 is 25.5 Å². The minimum absolute atomic E-state index is 0. The molecule has 30 heavy (non-hydrogen) atoms. The van der Waals surface area contributed by atoms with E-state index in [2.05, 4.69) is 10.2 Å².